The molecular weight excluding hydrogens is 478 g/mol. The van der Waals surface area contributed by atoms with E-state index >= 15 is 0 Å². The molecule has 2 N–H and O–H groups in total. The molecule has 3 rings (SSSR count). The molecule has 37 heavy (non-hydrogen) atoms. The number of aliphatic imine (C=N–C) groups is 1. The Bertz CT molecular complexity index is 1410. The van der Waals surface area contributed by atoms with Crippen LogP contribution in [0.15, 0.2) is 65.9 Å². The van der Waals surface area contributed by atoms with Crippen LogP contribution in [0.25, 0.3) is 11.3 Å². The van der Waals surface area contributed by atoms with Gasteiger partial charge in [-0.1, -0.05) is 12.1 Å². The third kappa shape index (κ3) is 6.54. The first-order valence-corrected chi connectivity index (χ1v) is 11.2. The van der Waals surface area contributed by atoms with E-state index in [9.17, 15) is 18.4 Å². The average Bonchev–Trinajstić information content (AvgIpc) is 2.90. The van der Waals surface area contributed by atoms with Crippen LogP contribution in [0, 0.1) is 6.92 Å². The summed E-state index contributed by atoms with van der Waals surface area (Å²) < 4.78 is 27.2. The third-order valence-corrected chi connectivity index (χ3v) is 5.46. The van der Waals surface area contributed by atoms with Crippen molar-refractivity contribution in [2.75, 3.05) is 12.4 Å². The van der Waals surface area contributed by atoms with Gasteiger partial charge >= 0.3 is 0 Å². The molecule has 0 aliphatic rings. The molecule has 0 unspecified atom stereocenters. The fourth-order valence-corrected chi connectivity index (χ4v) is 3.45. The number of allylic oxidation sites excluding steroid dienone is 3. The summed E-state index contributed by atoms with van der Waals surface area (Å²) in [4.78, 5) is 32.9. The SMILES string of the molecule is C=N/C(=C\C(=C/C)c1cc(NC(=O)c2cnnc(C(C)(F)F)c2)ccc1C)c1ccnc(C(=O)NC)c1. The molecule has 8 nitrogen and oxygen atoms in total. The Labute approximate surface area is 213 Å². The molecular formula is C27H26F2N6O2. The fraction of sp³-hybridized carbons (Fsp3) is 0.185. The van der Waals surface area contributed by atoms with Gasteiger partial charge in [0, 0.05) is 31.4 Å². The first-order valence-electron chi connectivity index (χ1n) is 11.2. The van der Waals surface area contributed by atoms with Gasteiger partial charge in [-0.25, -0.2) is 0 Å². The Balaban J connectivity index is 1.93. The zero-order chi connectivity index (χ0) is 27.2. The number of hydrogen-bond donors (Lipinski definition) is 2. The standard InChI is InChI=1S/C27H26F2N6O2/c1-6-17(11-22(30-4)18-9-10-32-23(12-18)26(37)31-5)21-14-20(8-7-16(21)2)34-25(36)19-13-24(27(3,28)29)35-33-15-19/h6-15H,4H2,1-3,5H3,(H,31,37)(H,34,36)/b17-6+,22-11-. The predicted molar refractivity (Wildman–Crippen MR) is 140 cm³/mol. The highest BCUT2D eigenvalue weighted by Gasteiger charge is 2.27. The van der Waals surface area contributed by atoms with E-state index in [0.717, 1.165) is 29.0 Å². The van der Waals surface area contributed by atoms with E-state index in [1.165, 1.54) is 13.2 Å². The number of amides is 2. The van der Waals surface area contributed by atoms with Crippen LogP contribution >= 0.6 is 0 Å². The van der Waals surface area contributed by atoms with Crippen LogP contribution in [-0.2, 0) is 5.92 Å². The van der Waals surface area contributed by atoms with Gasteiger partial charge in [-0.05, 0) is 73.7 Å². The Hall–Kier alpha value is -4.60. The normalized spacial score (nSPS) is 12.2. The number of carbonyl (C=O) groups is 2. The second-order valence-electron chi connectivity index (χ2n) is 8.14. The molecule has 2 heterocycles. The summed E-state index contributed by atoms with van der Waals surface area (Å²) in [5, 5.41) is 12.2. The Morgan fingerprint density at radius 3 is 2.51 bits per heavy atom. The van der Waals surface area contributed by atoms with Gasteiger partial charge in [0.25, 0.3) is 17.7 Å². The minimum Gasteiger partial charge on any atom is -0.354 e. The quantitative estimate of drug-likeness (QED) is 0.330. The van der Waals surface area contributed by atoms with Crippen LogP contribution in [0.2, 0.25) is 0 Å². The second-order valence-corrected chi connectivity index (χ2v) is 8.14. The monoisotopic (exact) mass is 504 g/mol. The molecule has 0 saturated heterocycles. The molecule has 0 bridgehead atoms. The van der Waals surface area contributed by atoms with Gasteiger partial charge in [0.15, 0.2) is 0 Å². The van der Waals surface area contributed by atoms with Gasteiger partial charge in [0.2, 0.25) is 0 Å². The number of anilines is 1. The number of nitrogens with one attached hydrogen (secondary N) is 2. The molecule has 0 radical (unpaired) electrons. The molecule has 2 amide bonds. The summed E-state index contributed by atoms with van der Waals surface area (Å²) in [5.41, 5.74) is 3.75. The molecule has 0 aliphatic carbocycles. The molecule has 1 aromatic carbocycles. The molecule has 2 aromatic heterocycles. The smallest absolute Gasteiger partial charge is 0.288 e. The first kappa shape index (κ1) is 27.0. The maximum atomic E-state index is 13.6. The lowest BCUT2D eigenvalue weighted by Gasteiger charge is -2.13. The summed E-state index contributed by atoms with van der Waals surface area (Å²) in [6.45, 7) is 8.12. The third-order valence-electron chi connectivity index (χ3n) is 5.46. The lowest BCUT2D eigenvalue weighted by atomic mass is 9.97. The fourth-order valence-electron chi connectivity index (χ4n) is 3.45. The number of benzene rings is 1. The number of pyridine rings is 1. The van der Waals surface area contributed by atoms with Crippen molar-refractivity contribution < 1.29 is 18.4 Å². The predicted octanol–water partition coefficient (Wildman–Crippen LogP) is 5.05. The summed E-state index contributed by atoms with van der Waals surface area (Å²) in [5.74, 6) is -4.14. The molecule has 190 valence electrons. The van der Waals surface area contributed by atoms with E-state index in [1.54, 1.807) is 24.3 Å². The highest BCUT2D eigenvalue weighted by atomic mass is 19.3. The summed E-state index contributed by atoms with van der Waals surface area (Å²) >= 11 is 0. The van der Waals surface area contributed by atoms with E-state index in [0.29, 0.717) is 23.9 Å². The molecule has 0 saturated carbocycles. The van der Waals surface area contributed by atoms with E-state index in [1.807, 2.05) is 32.1 Å². The number of hydrogen-bond acceptors (Lipinski definition) is 6. The Morgan fingerprint density at radius 2 is 1.86 bits per heavy atom. The number of carbonyl (C=O) groups excluding carboxylic acids is 2. The number of halogens is 2. The van der Waals surface area contributed by atoms with Crippen molar-refractivity contribution in [1.29, 1.82) is 0 Å². The van der Waals surface area contributed by atoms with Crippen LogP contribution in [-0.4, -0.2) is 40.8 Å². The highest BCUT2D eigenvalue weighted by molar-refractivity contribution is 6.04. The van der Waals surface area contributed by atoms with Crippen LogP contribution in [0.1, 0.15) is 57.1 Å². The van der Waals surface area contributed by atoms with E-state index in [2.05, 4.69) is 37.5 Å². The van der Waals surface area contributed by atoms with E-state index < -0.39 is 17.5 Å². The van der Waals surface area contributed by atoms with E-state index in [4.69, 9.17) is 0 Å². The lowest BCUT2D eigenvalue weighted by Crippen LogP contribution is -2.19. The maximum Gasteiger partial charge on any atom is 0.288 e. The summed E-state index contributed by atoms with van der Waals surface area (Å²) in [7, 11) is 1.52. The van der Waals surface area contributed by atoms with Gasteiger partial charge in [-0.2, -0.15) is 13.9 Å². The van der Waals surface area contributed by atoms with Crippen molar-refractivity contribution in [1.82, 2.24) is 20.5 Å². The van der Waals surface area contributed by atoms with Crippen LogP contribution in [0.5, 0.6) is 0 Å². The lowest BCUT2D eigenvalue weighted by molar-refractivity contribution is 0.0117. The van der Waals surface area contributed by atoms with Gasteiger partial charge in [0.1, 0.15) is 11.4 Å². The van der Waals surface area contributed by atoms with Gasteiger partial charge in [-0.3, -0.25) is 19.6 Å². The van der Waals surface area contributed by atoms with Crippen LogP contribution in [0.4, 0.5) is 14.5 Å². The number of nitrogens with zero attached hydrogens (tertiary/aromatic N) is 4. The Morgan fingerprint density at radius 1 is 1.11 bits per heavy atom. The zero-order valence-electron chi connectivity index (χ0n) is 20.8. The van der Waals surface area contributed by atoms with Crippen molar-refractivity contribution in [3.63, 3.8) is 0 Å². The van der Waals surface area contributed by atoms with E-state index in [-0.39, 0.29) is 17.2 Å². The van der Waals surface area contributed by atoms with Crippen molar-refractivity contribution in [2.24, 2.45) is 4.99 Å². The zero-order valence-corrected chi connectivity index (χ0v) is 20.8. The van der Waals surface area contributed by atoms with Gasteiger partial charge in [0.05, 0.1) is 17.5 Å². The van der Waals surface area contributed by atoms with Crippen molar-refractivity contribution in [3.05, 3.63) is 94.6 Å². The second kappa shape index (κ2) is 11.4. The first-order chi connectivity index (χ1) is 17.6. The van der Waals surface area contributed by atoms with Crippen LogP contribution in [0.3, 0.4) is 0 Å². The molecule has 0 atom stereocenters. The number of aryl methyl sites for hydroxylation is 1. The largest absolute Gasteiger partial charge is 0.354 e. The highest BCUT2D eigenvalue weighted by Crippen LogP contribution is 2.29. The minimum atomic E-state index is -3.22. The molecule has 3 aromatic rings. The van der Waals surface area contributed by atoms with Crippen molar-refractivity contribution in [3.8, 4) is 0 Å². The molecule has 0 spiro atoms. The van der Waals surface area contributed by atoms with Crippen molar-refractivity contribution >= 4 is 35.5 Å². The topological polar surface area (TPSA) is 109 Å². The Kier molecular flexibility index (Phi) is 8.33. The average molecular weight is 505 g/mol. The summed E-state index contributed by atoms with van der Waals surface area (Å²) in [6.07, 6.45) is 6.34. The van der Waals surface area contributed by atoms with Crippen LogP contribution < -0.4 is 10.6 Å². The number of aromatic nitrogens is 3. The number of alkyl halides is 2. The minimum absolute atomic E-state index is 0.0393. The van der Waals surface area contributed by atoms with Gasteiger partial charge < -0.3 is 10.6 Å². The summed E-state index contributed by atoms with van der Waals surface area (Å²) in [6, 6.07) is 9.67. The van der Waals surface area contributed by atoms with Gasteiger partial charge in [-0.15, -0.1) is 5.10 Å². The number of rotatable bonds is 8. The molecule has 0 fully saturated rings. The van der Waals surface area contributed by atoms with Crippen molar-refractivity contribution in [2.45, 2.75) is 26.7 Å². The maximum absolute atomic E-state index is 13.6. The molecule has 10 heteroatoms. The molecule has 0 aliphatic heterocycles.